The normalized spacial score (nSPS) is 22.6. The number of rotatable bonds is 3. The summed E-state index contributed by atoms with van der Waals surface area (Å²) < 4.78 is 0. The predicted octanol–water partition coefficient (Wildman–Crippen LogP) is 2.14. The molecule has 118 valence electrons. The van der Waals surface area contributed by atoms with Crippen molar-refractivity contribution in [2.75, 3.05) is 14.1 Å². The molecule has 23 heavy (non-hydrogen) atoms. The summed E-state index contributed by atoms with van der Waals surface area (Å²) in [7, 11) is 2.98. The second-order valence-electron chi connectivity index (χ2n) is 5.65. The number of carbonyl (C=O) groups is 2. The highest BCUT2D eigenvalue weighted by Crippen LogP contribution is 2.45. The molecule has 2 unspecified atom stereocenters. The molecule has 3 rings (SSSR count). The quantitative estimate of drug-likeness (QED) is 0.884. The lowest BCUT2D eigenvalue weighted by atomic mass is 9.80. The Bertz CT molecular complexity index is 732. The molecule has 5 nitrogen and oxygen atoms in total. The van der Waals surface area contributed by atoms with Crippen LogP contribution in [0.3, 0.4) is 0 Å². The molecule has 1 N–H and O–H groups in total. The summed E-state index contributed by atoms with van der Waals surface area (Å²) in [6.07, 6.45) is -1.17. The summed E-state index contributed by atoms with van der Waals surface area (Å²) in [5, 5.41) is 11.1. The van der Waals surface area contributed by atoms with Gasteiger partial charge in [0.15, 0.2) is 5.54 Å². The highest BCUT2D eigenvalue weighted by Gasteiger charge is 2.60. The van der Waals surface area contributed by atoms with Gasteiger partial charge in [-0.1, -0.05) is 60.7 Å². The number of carbonyl (C=O) groups excluding carboxylic acids is 2. The largest absolute Gasteiger partial charge is 0.385 e. The lowest BCUT2D eigenvalue weighted by molar-refractivity contribution is -0.139. The van der Waals surface area contributed by atoms with Crippen molar-refractivity contribution in [1.82, 2.24) is 9.80 Å². The Morgan fingerprint density at radius 3 is 1.91 bits per heavy atom. The Hall–Kier alpha value is -2.66. The van der Waals surface area contributed by atoms with Gasteiger partial charge < -0.3 is 10.0 Å². The molecule has 2 aromatic carbocycles. The van der Waals surface area contributed by atoms with E-state index in [0.29, 0.717) is 11.1 Å². The van der Waals surface area contributed by atoms with Gasteiger partial charge in [-0.2, -0.15) is 0 Å². The van der Waals surface area contributed by atoms with E-state index in [1.807, 2.05) is 12.1 Å². The summed E-state index contributed by atoms with van der Waals surface area (Å²) in [5.74, 6) is -0.437. The highest BCUT2D eigenvalue weighted by atomic mass is 16.3. The first-order valence-corrected chi connectivity index (χ1v) is 7.35. The van der Waals surface area contributed by atoms with Crippen LogP contribution in [0.15, 0.2) is 60.7 Å². The zero-order valence-corrected chi connectivity index (χ0v) is 13.0. The Morgan fingerprint density at radius 1 is 0.913 bits per heavy atom. The van der Waals surface area contributed by atoms with Crippen LogP contribution in [0.4, 0.5) is 4.79 Å². The fraction of sp³-hybridized carbons (Fsp3) is 0.222. The maximum Gasteiger partial charge on any atom is 0.327 e. The summed E-state index contributed by atoms with van der Waals surface area (Å²) in [6.45, 7) is 0. The van der Waals surface area contributed by atoms with E-state index < -0.39 is 23.6 Å². The average Bonchev–Trinajstić information content (AvgIpc) is 2.78. The molecule has 1 heterocycles. The van der Waals surface area contributed by atoms with Crippen molar-refractivity contribution in [1.29, 1.82) is 0 Å². The van der Waals surface area contributed by atoms with Gasteiger partial charge in [-0.3, -0.25) is 9.69 Å². The maximum atomic E-state index is 13.0. The smallest absolute Gasteiger partial charge is 0.327 e. The van der Waals surface area contributed by atoms with Crippen LogP contribution in [-0.2, 0) is 10.3 Å². The number of hydrogen-bond donors (Lipinski definition) is 1. The molecular weight excluding hydrogens is 292 g/mol. The number of aliphatic hydroxyl groups is 1. The van der Waals surface area contributed by atoms with Gasteiger partial charge in [0, 0.05) is 14.1 Å². The molecule has 1 saturated heterocycles. The van der Waals surface area contributed by atoms with E-state index in [-0.39, 0.29) is 0 Å². The molecule has 2 atom stereocenters. The number of likely N-dealkylation sites (N-methyl/N-ethyl adjacent to an activating group) is 2. The minimum atomic E-state index is -1.46. The number of aliphatic hydroxyl groups excluding tert-OH is 1. The van der Waals surface area contributed by atoms with Gasteiger partial charge in [-0.05, 0) is 11.1 Å². The van der Waals surface area contributed by atoms with Crippen LogP contribution in [0, 0.1) is 0 Å². The molecule has 0 aromatic heterocycles. The Balaban J connectivity index is 2.24. The van der Waals surface area contributed by atoms with E-state index in [9.17, 15) is 14.7 Å². The van der Waals surface area contributed by atoms with E-state index in [1.165, 1.54) is 11.9 Å². The van der Waals surface area contributed by atoms with Crippen molar-refractivity contribution in [2.45, 2.75) is 11.6 Å². The van der Waals surface area contributed by atoms with Crippen molar-refractivity contribution in [3.63, 3.8) is 0 Å². The second kappa shape index (κ2) is 5.52. The second-order valence-corrected chi connectivity index (χ2v) is 5.65. The lowest BCUT2D eigenvalue weighted by Crippen LogP contribution is -2.49. The van der Waals surface area contributed by atoms with E-state index in [4.69, 9.17) is 0 Å². The van der Waals surface area contributed by atoms with E-state index in [1.54, 1.807) is 55.6 Å². The number of nitrogens with zero attached hydrogens (tertiary/aromatic N) is 2. The Kier molecular flexibility index (Phi) is 3.66. The zero-order valence-electron chi connectivity index (χ0n) is 13.0. The molecule has 0 radical (unpaired) electrons. The average molecular weight is 310 g/mol. The molecule has 1 aliphatic heterocycles. The van der Waals surface area contributed by atoms with E-state index in [2.05, 4.69) is 0 Å². The molecule has 2 aromatic rings. The zero-order chi connectivity index (χ0) is 16.6. The minimum absolute atomic E-state index is 0.436. The van der Waals surface area contributed by atoms with Gasteiger partial charge in [0.1, 0.15) is 6.10 Å². The van der Waals surface area contributed by atoms with Crippen molar-refractivity contribution >= 4 is 11.9 Å². The third-order valence-corrected chi connectivity index (χ3v) is 4.46. The third kappa shape index (κ3) is 2.04. The molecule has 0 aliphatic carbocycles. The number of imide groups is 1. The number of amides is 3. The third-order valence-electron chi connectivity index (χ3n) is 4.46. The Labute approximate surface area is 134 Å². The van der Waals surface area contributed by atoms with Gasteiger partial charge >= 0.3 is 6.03 Å². The SMILES string of the molecule is CN1C(=O)N(C)C(c2ccccc2)(C(O)c2ccccc2)C1=O. The first-order valence-electron chi connectivity index (χ1n) is 7.35. The van der Waals surface area contributed by atoms with Gasteiger partial charge in [0.05, 0.1) is 0 Å². The van der Waals surface area contributed by atoms with Crippen molar-refractivity contribution in [2.24, 2.45) is 0 Å². The molecule has 1 fully saturated rings. The van der Waals surface area contributed by atoms with Crippen LogP contribution in [0.1, 0.15) is 17.2 Å². The van der Waals surface area contributed by atoms with Crippen molar-refractivity contribution in [3.8, 4) is 0 Å². The molecular formula is C18H18N2O3. The van der Waals surface area contributed by atoms with Gasteiger partial charge in [-0.25, -0.2) is 4.79 Å². The van der Waals surface area contributed by atoms with Crippen molar-refractivity contribution < 1.29 is 14.7 Å². The van der Waals surface area contributed by atoms with Crippen molar-refractivity contribution in [3.05, 3.63) is 71.8 Å². The Morgan fingerprint density at radius 2 is 1.43 bits per heavy atom. The molecule has 3 amide bonds. The van der Waals surface area contributed by atoms with Crippen LogP contribution in [0.5, 0.6) is 0 Å². The van der Waals surface area contributed by atoms with Crippen LogP contribution in [0.2, 0.25) is 0 Å². The fourth-order valence-electron chi connectivity index (χ4n) is 3.21. The van der Waals surface area contributed by atoms with Crippen LogP contribution in [-0.4, -0.2) is 40.9 Å². The predicted molar refractivity (Wildman–Crippen MR) is 85.5 cm³/mol. The summed E-state index contributed by atoms with van der Waals surface area (Å²) in [5.41, 5.74) is -0.296. The monoisotopic (exact) mass is 310 g/mol. The van der Waals surface area contributed by atoms with Gasteiger partial charge in [-0.15, -0.1) is 0 Å². The summed E-state index contributed by atoms with van der Waals surface area (Å²) in [4.78, 5) is 27.7. The molecule has 5 heteroatoms. The number of urea groups is 1. The molecule has 0 spiro atoms. The van der Waals surface area contributed by atoms with Gasteiger partial charge in [0.2, 0.25) is 0 Å². The summed E-state index contributed by atoms with van der Waals surface area (Å²) >= 11 is 0. The summed E-state index contributed by atoms with van der Waals surface area (Å²) in [6, 6.07) is 17.4. The minimum Gasteiger partial charge on any atom is -0.385 e. The van der Waals surface area contributed by atoms with Crippen LogP contribution < -0.4 is 0 Å². The number of benzene rings is 2. The maximum absolute atomic E-state index is 13.0. The topological polar surface area (TPSA) is 60.9 Å². The van der Waals surface area contributed by atoms with Crippen LogP contribution in [0.25, 0.3) is 0 Å². The molecule has 1 aliphatic rings. The molecule has 0 bridgehead atoms. The lowest BCUT2D eigenvalue weighted by Gasteiger charge is -2.37. The molecule has 0 saturated carbocycles. The first-order chi connectivity index (χ1) is 11.0. The standard InChI is InChI=1S/C18H18N2O3/c1-19-16(22)18(20(2)17(19)23,14-11-7-4-8-12-14)15(21)13-9-5-3-6-10-13/h3-12,15,21H,1-2H3. The van der Waals surface area contributed by atoms with Gasteiger partial charge in [0.25, 0.3) is 5.91 Å². The van der Waals surface area contributed by atoms with Crippen LogP contribution >= 0.6 is 0 Å². The van der Waals surface area contributed by atoms with E-state index >= 15 is 0 Å². The fourth-order valence-corrected chi connectivity index (χ4v) is 3.21. The van der Waals surface area contributed by atoms with E-state index in [0.717, 1.165) is 4.90 Å². The highest BCUT2D eigenvalue weighted by molar-refractivity contribution is 6.07. The first kappa shape index (κ1) is 15.2. The number of hydrogen-bond acceptors (Lipinski definition) is 3.